The summed E-state index contributed by atoms with van der Waals surface area (Å²) in [5, 5.41) is 13.3. The summed E-state index contributed by atoms with van der Waals surface area (Å²) in [4.78, 5) is 30.5. The number of nitrogens with zero attached hydrogens (tertiary/aromatic N) is 3. The van der Waals surface area contributed by atoms with E-state index < -0.39 is 5.97 Å². The van der Waals surface area contributed by atoms with Crippen LogP contribution in [0.25, 0.3) is 5.69 Å². The van der Waals surface area contributed by atoms with Gasteiger partial charge < -0.3 is 24.6 Å². The fourth-order valence-electron chi connectivity index (χ4n) is 4.70. The van der Waals surface area contributed by atoms with Gasteiger partial charge in [-0.3, -0.25) is 9.78 Å². The molecule has 2 aromatic heterocycles. The first-order valence-electron chi connectivity index (χ1n) is 11.4. The number of ether oxygens (including phenoxy) is 1. The van der Waals surface area contributed by atoms with E-state index in [0.717, 1.165) is 33.9 Å². The third-order valence-electron chi connectivity index (χ3n) is 6.29. The van der Waals surface area contributed by atoms with Crippen LogP contribution in [0.2, 0.25) is 0 Å². The van der Waals surface area contributed by atoms with E-state index in [1.54, 1.807) is 25.3 Å². The molecule has 0 radical (unpaired) electrons. The minimum atomic E-state index is -0.977. The first-order chi connectivity index (χ1) is 16.7. The van der Waals surface area contributed by atoms with Gasteiger partial charge in [0, 0.05) is 23.3 Å². The van der Waals surface area contributed by atoms with Crippen molar-refractivity contribution in [3.63, 3.8) is 0 Å². The highest BCUT2D eigenvalue weighted by Gasteiger charge is 2.42. The third kappa shape index (κ3) is 4.64. The van der Waals surface area contributed by atoms with E-state index in [1.807, 2.05) is 49.9 Å². The Morgan fingerprint density at radius 3 is 2.60 bits per heavy atom. The zero-order valence-electron chi connectivity index (χ0n) is 20.1. The van der Waals surface area contributed by atoms with Crippen LogP contribution in [0.5, 0.6) is 0 Å². The van der Waals surface area contributed by atoms with Gasteiger partial charge in [-0.15, -0.1) is 0 Å². The minimum absolute atomic E-state index is 0.00483. The zero-order chi connectivity index (χ0) is 25.3. The highest BCUT2D eigenvalue weighted by Crippen LogP contribution is 2.41. The third-order valence-corrected chi connectivity index (χ3v) is 6.64. The Morgan fingerprint density at radius 1 is 1.17 bits per heavy atom. The second-order valence-electron chi connectivity index (χ2n) is 8.53. The highest BCUT2D eigenvalue weighted by molar-refractivity contribution is 7.80. The van der Waals surface area contributed by atoms with Crippen molar-refractivity contribution >= 4 is 29.3 Å². The van der Waals surface area contributed by atoms with Crippen LogP contribution in [-0.4, -0.2) is 49.8 Å². The molecule has 2 N–H and O–H groups in total. The first-order valence-corrected chi connectivity index (χ1v) is 11.8. The molecule has 1 aromatic carbocycles. The molecule has 3 heterocycles. The van der Waals surface area contributed by atoms with Crippen molar-refractivity contribution in [1.29, 1.82) is 0 Å². The maximum atomic E-state index is 12.5. The average Bonchev–Trinajstić information content (AvgIpc) is 3.30. The van der Waals surface area contributed by atoms with Crippen molar-refractivity contribution in [3.8, 4) is 5.69 Å². The van der Waals surface area contributed by atoms with Gasteiger partial charge in [-0.2, -0.15) is 0 Å². The Bertz CT molecular complexity index is 1290. The van der Waals surface area contributed by atoms with Crippen LogP contribution in [-0.2, 0) is 9.53 Å². The lowest BCUT2D eigenvalue weighted by molar-refractivity contribution is -0.143. The quantitative estimate of drug-likeness (QED) is 0.377. The summed E-state index contributed by atoms with van der Waals surface area (Å²) in [6.07, 6.45) is 1.73. The molecule has 1 aliphatic heterocycles. The van der Waals surface area contributed by atoms with Gasteiger partial charge in [0.25, 0.3) is 0 Å². The van der Waals surface area contributed by atoms with Crippen molar-refractivity contribution < 1.29 is 19.4 Å². The predicted molar refractivity (Wildman–Crippen MR) is 136 cm³/mol. The number of aryl methyl sites for hydroxylation is 2. The number of aromatic carboxylic acids is 1. The fourth-order valence-corrected chi connectivity index (χ4v) is 5.01. The minimum Gasteiger partial charge on any atom is -0.478 e. The van der Waals surface area contributed by atoms with Gasteiger partial charge in [-0.05, 0) is 81.4 Å². The summed E-state index contributed by atoms with van der Waals surface area (Å²) >= 11 is 5.65. The van der Waals surface area contributed by atoms with Crippen LogP contribution in [0.1, 0.15) is 57.6 Å². The highest BCUT2D eigenvalue weighted by atomic mass is 32.1. The number of carboxylic acid groups (broad SMARTS) is 1. The topological polar surface area (TPSA) is 96.7 Å². The molecule has 35 heavy (non-hydrogen) atoms. The van der Waals surface area contributed by atoms with Crippen molar-refractivity contribution in [1.82, 2.24) is 19.8 Å². The number of aromatic nitrogens is 2. The summed E-state index contributed by atoms with van der Waals surface area (Å²) in [5.41, 5.74) is 5.61. The first kappa shape index (κ1) is 24.4. The molecular formula is C26H28N4O4S. The molecule has 1 saturated heterocycles. The van der Waals surface area contributed by atoms with Gasteiger partial charge in [-0.1, -0.05) is 12.1 Å². The number of rotatable bonds is 7. The van der Waals surface area contributed by atoms with Gasteiger partial charge >= 0.3 is 11.9 Å². The summed E-state index contributed by atoms with van der Waals surface area (Å²) in [6.45, 7) is 7.99. The number of hydrogen-bond acceptors (Lipinski definition) is 5. The van der Waals surface area contributed by atoms with Crippen molar-refractivity contribution in [2.75, 3.05) is 13.2 Å². The molecule has 2 atom stereocenters. The van der Waals surface area contributed by atoms with Crippen LogP contribution >= 0.6 is 12.2 Å². The van der Waals surface area contributed by atoms with Gasteiger partial charge in [0.15, 0.2) is 5.11 Å². The molecule has 0 bridgehead atoms. The molecule has 0 amide bonds. The molecular weight excluding hydrogens is 464 g/mol. The smallest absolute Gasteiger partial charge is 0.335 e. The summed E-state index contributed by atoms with van der Waals surface area (Å²) < 4.78 is 7.26. The zero-order valence-corrected chi connectivity index (χ0v) is 20.9. The number of carbonyl (C=O) groups excluding carboxylic acids is 1. The van der Waals surface area contributed by atoms with Crippen molar-refractivity contribution in [3.05, 3.63) is 82.4 Å². The van der Waals surface area contributed by atoms with Crippen LogP contribution in [0.3, 0.4) is 0 Å². The predicted octanol–water partition coefficient (Wildman–Crippen LogP) is 4.03. The van der Waals surface area contributed by atoms with Crippen molar-refractivity contribution in [2.24, 2.45) is 0 Å². The standard InChI is InChI=1S/C26H28N4O4S/c1-5-34-22(31)14-29-24(23(28-26(29)35)20-8-6-7-11-27-20)19-12-16(3)30(17(19)4)21-13-18(25(32)33)10-9-15(21)2/h6-13,23-24H,5,14H2,1-4H3,(H,28,35)(H,32,33)/t23-,24+/m0/s1. The number of hydrogen-bond donors (Lipinski definition) is 2. The number of esters is 1. The maximum absolute atomic E-state index is 12.5. The maximum Gasteiger partial charge on any atom is 0.335 e. The Hall–Kier alpha value is -3.72. The molecule has 8 nitrogen and oxygen atoms in total. The van der Waals surface area contributed by atoms with Crippen LogP contribution < -0.4 is 5.32 Å². The molecule has 182 valence electrons. The van der Waals surface area contributed by atoms with Crippen molar-refractivity contribution in [2.45, 2.75) is 39.8 Å². The fraction of sp³-hybridized carbons (Fsp3) is 0.308. The Kier molecular flexibility index (Phi) is 6.88. The number of carboxylic acids is 1. The molecule has 3 aromatic rings. The lowest BCUT2D eigenvalue weighted by Gasteiger charge is -2.27. The second kappa shape index (κ2) is 9.87. The number of benzene rings is 1. The van der Waals surface area contributed by atoms with Crippen LogP contribution in [0, 0.1) is 20.8 Å². The number of pyridine rings is 1. The molecule has 0 spiro atoms. The van der Waals surface area contributed by atoms with E-state index in [2.05, 4.69) is 20.9 Å². The normalized spacial score (nSPS) is 17.4. The van der Waals surface area contributed by atoms with Gasteiger partial charge in [-0.25, -0.2) is 4.79 Å². The second-order valence-corrected chi connectivity index (χ2v) is 8.91. The monoisotopic (exact) mass is 492 g/mol. The van der Waals surface area contributed by atoms with E-state index in [1.165, 1.54) is 0 Å². The van der Waals surface area contributed by atoms with Gasteiger partial charge in [0.2, 0.25) is 0 Å². The molecule has 1 fully saturated rings. The molecule has 4 rings (SSSR count). The SMILES string of the molecule is CCOC(=O)CN1C(=S)N[C@@H](c2ccccn2)[C@H]1c1cc(C)n(-c2cc(C(=O)O)ccc2C)c1C. The van der Waals surface area contributed by atoms with Gasteiger partial charge in [0.05, 0.1) is 29.9 Å². The lowest BCUT2D eigenvalue weighted by atomic mass is 9.96. The van der Waals surface area contributed by atoms with Gasteiger partial charge in [0.1, 0.15) is 6.54 Å². The molecule has 0 unspecified atom stereocenters. The summed E-state index contributed by atoms with van der Waals surface area (Å²) in [7, 11) is 0. The average molecular weight is 493 g/mol. The van der Waals surface area contributed by atoms with E-state index >= 15 is 0 Å². The molecule has 0 aliphatic carbocycles. The number of carbonyl (C=O) groups is 2. The van der Waals surface area contributed by atoms with E-state index in [9.17, 15) is 14.7 Å². The molecule has 1 aliphatic rings. The van der Waals surface area contributed by atoms with E-state index in [0.29, 0.717) is 5.11 Å². The molecule has 0 saturated carbocycles. The Labute approximate surface area is 209 Å². The number of nitrogens with one attached hydrogen (secondary N) is 1. The van der Waals surface area contributed by atoms with E-state index in [-0.39, 0.29) is 36.8 Å². The van der Waals surface area contributed by atoms with Crippen LogP contribution in [0.15, 0.2) is 48.7 Å². The lowest BCUT2D eigenvalue weighted by Crippen LogP contribution is -2.35. The van der Waals surface area contributed by atoms with Crippen LogP contribution in [0.4, 0.5) is 0 Å². The van der Waals surface area contributed by atoms with E-state index in [4.69, 9.17) is 17.0 Å². The summed E-state index contributed by atoms with van der Waals surface area (Å²) in [5.74, 6) is -1.34. The molecule has 9 heteroatoms. The Balaban J connectivity index is 1.85. The number of thiocarbonyl (C=S) groups is 1. The summed E-state index contributed by atoms with van der Waals surface area (Å²) in [6, 6.07) is 12.3. The largest absolute Gasteiger partial charge is 0.478 e. The Morgan fingerprint density at radius 2 is 1.94 bits per heavy atom.